The number of nitro benzene ring substituents is 1. The van der Waals surface area contributed by atoms with Crippen LogP contribution in [0.25, 0.3) is 0 Å². The Bertz CT molecular complexity index is 348. The first kappa shape index (κ1) is 9.51. The maximum atomic E-state index is 10.6. The molecule has 0 saturated heterocycles. The quantitative estimate of drug-likeness (QED) is 0.430. The van der Waals surface area contributed by atoms with Gasteiger partial charge in [-0.25, -0.2) is 0 Å². The smallest absolute Gasteiger partial charge is 0.274 e. The number of hydrogen-bond acceptors (Lipinski definition) is 3. The zero-order valence-corrected chi connectivity index (χ0v) is 7.70. The lowest BCUT2D eigenvalue weighted by Gasteiger charge is -2.04. The third kappa shape index (κ3) is 1.77. The van der Waals surface area contributed by atoms with Crippen molar-refractivity contribution in [2.45, 2.75) is 20.3 Å². The number of anilines is 1. The highest BCUT2D eigenvalue weighted by atomic mass is 16.6. The van der Waals surface area contributed by atoms with E-state index < -0.39 is 4.92 Å². The molecule has 0 aliphatic heterocycles. The van der Waals surface area contributed by atoms with E-state index in [1.54, 1.807) is 13.0 Å². The van der Waals surface area contributed by atoms with Gasteiger partial charge in [0.15, 0.2) is 0 Å². The second-order valence-electron chi connectivity index (χ2n) is 2.93. The Kier molecular flexibility index (Phi) is 2.51. The van der Waals surface area contributed by atoms with E-state index in [9.17, 15) is 10.1 Å². The van der Waals surface area contributed by atoms with Gasteiger partial charge in [0.25, 0.3) is 5.69 Å². The van der Waals surface area contributed by atoms with E-state index in [4.69, 9.17) is 5.73 Å². The molecule has 0 radical (unpaired) electrons. The maximum Gasteiger partial charge on any atom is 0.274 e. The molecule has 70 valence electrons. The maximum absolute atomic E-state index is 10.6. The molecule has 2 N–H and O–H groups in total. The van der Waals surface area contributed by atoms with Gasteiger partial charge in [-0.15, -0.1) is 0 Å². The van der Waals surface area contributed by atoms with Crippen molar-refractivity contribution in [3.05, 3.63) is 33.4 Å². The van der Waals surface area contributed by atoms with Crippen LogP contribution in [-0.2, 0) is 6.42 Å². The molecule has 13 heavy (non-hydrogen) atoms. The van der Waals surface area contributed by atoms with Gasteiger partial charge in [-0.3, -0.25) is 10.1 Å². The normalized spacial score (nSPS) is 10.0. The Balaban J connectivity index is 3.35. The molecule has 0 heterocycles. The summed E-state index contributed by atoms with van der Waals surface area (Å²) in [5.74, 6) is 0. The van der Waals surface area contributed by atoms with E-state index in [-0.39, 0.29) is 5.69 Å². The average molecular weight is 180 g/mol. The number of aryl methyl sites for hydroxylation is 1. The van der Waals surface area contributed by atoms with Crippen LogP contribution in [0, 0.1) is 17.0 Å². The van der Waals surface area contributed by atoms with Gasteiger partial charge in [0, 0.05) is 17.3 Å². The summed E-state index contributed by atoms with van der Waals surface area (Å²) in [6, 6.07) is 3.18. The average Bonchev–Trinajstić information content (AvgIpc) is 2.08. The summed E-state index contributed by atoms with van der Waals surface area (Å²) < 4.78 is 0. The van der Waals surface area contributed by atoms with Crippen molar-refractivity contribution in [1.82, 2.24) is 0 Å². The molecule has 1 aromatic carbocycles. The van der Waals surface area contributed by atoms with Crippen LogP contribution in [0.5, 0.6) is 0 Å². The Morgan fingerprint density at radius 3 is 2.62 bits per heavy atom. The summed E-state index contributed by atoms with van der Waals surface area (Å²) in [6.45, 7) is 3.70. The minimum Gasteiger partial charge on any atom is -0.399 e. The number of benzene rings is 1. The molecule has 0 fully saturated rings. The molecule has 0 spiro atoms. The lowest BCUT2D eigenvalue weighted by molar-refractivity contribution is -0.385. The van der Waals surface area contributed by atoms with E-state index in [0.29, 0.717) is 11.3 Å². The van der Waals surface area contributed by atoms with E-state index in [1.165, 1.54) is 6.07 Å². The predicted octanol–water partition coefficient (Wildman–Crippen LogP) is 2.05. The molecule has 0 aliphatic rings. The zero-order chi connectivity index (χ0) is 10.0. The number of rotatable bonds is 2. The number of nitrogens with zero attached hydrogens (tertiary/aromatic N) is 1. The predicted molar refractivity (Wildman–Crippen MR) is 51.6 cm³/mol. The topological polar surface area (TPSA) is 69.2 Å². The van der Waals surface area contributed by atoms with E-state index in [2.05, 4.69) is 0 Å². The van der Waals surface area contributed by atoms with Crippen LogP contribution >= 0.6 is 0 Å². The van der Waals surface area contributed by atoms with Gasteiger partial charge < -0.3 is 5.73 Å². The first-order chi connectivity index (χ1) is 6.06. The Labute approximate surface area is 76.5 Å². The second kappa shape index (κ2) is 3.43. The molecule has 4 nitrogen and oxygen atoms in total. The van der Waals surface area contributed by atoms with E-state index >= 15 is 0 Å². The molecular weight excluding hydrogens is 168 g/mol. The van der Waals surface area contributed by atoms with Gasteiger partial charge in [-0.05, 0) is 25.0 Å². The first-order valence-electron chi connectivity index (χ1n) is 4.09. The minimum atomic E-state index is -0.398. The highest BCUT2D eigenvalue weighted by molar-refractivity contribution is 5.56. The van der Waals surface area contributed by atoms with Crippen molar-refractivity contribution < 1.29 is 4.92 Å². The third-order valence-corrected chi connectivity index (χ3v) is 2.09. The highest BCUT2D eigenvalue weighted by Gasteiger charge is 2.13. The van der Waals surface area contributed by atoms with Crippen LogP contribution < -0.4 is 5.73 Å². The molecule has 0 atom stereocenters. The van der Waals surface area contributed by atoms with Crippen LogP contribution in [0.2, 0.25) is 0 Å². The Morgan fingerprint density at radius 2 is 2.15 bits per heavy atom. The molecule has 0 aromatic heterocycles. The third-order valence-electron chi connectivity index (χ3n) is 2.09. The van der Waals surface area contributed by atoms with E-state index in [1.807, 2.05) is 6.92 Å². The molecular formula is C9H12N2O2. The van der Waals surface area contributed by atoms with Gasteiger partial charge in [0.2, 0.25) is 0 Å². The number of nitrogen functional groups attached to an aromatic ring is 1. The molecule has 0 bridgehead atoms. The summed E-state index contributed by atoms with van der Waals surface area (Å²) in [6.07, 6.45) is 0.762. The SMILES string of the molecule is CCc1cc(N)cc([N+](=O)[O-])c1C. The monoisotopic (exact) mass is 180 g/mol. The van der Waals surface area contributed by atoms with Crippen molar-refractivity contribution in [3.8, 4) is 0 Å². The molecule has 0 unspecified atom stereocenters. The summed E-state index contributed by atoms with van der Waals surface area (Å²) >= 11 is 0. The summed E-state index contributed by atoms with van der Waals surface area (Å²) in [5, 5.41) is 10.6. The van der Waals surface area contributed by atoms with Crippen molar-refractivity contribution in [1.29, 1.82) is 0 Å². The summed E-state index contributed by atoms with van der Waals surface area (Å²) in [7, 11) is 0. The lowest BCUT2D eigenvalue weighted by Crippen LogP contribution is -1.98. The van der Waals surface area contributed by atoms with E-state index in [0.717, 1.165) is 12.0 Å². The molecule has 1 aromatic rings. The molecule has 0 amide bonds. The van der Waals surface area contributed by atoms with Gasteiger partial charge in [0.1, 0.15) is 0 Å². The molecule has 4 heteroatoms. The standard InChI is InChI=1S/C9H12N2O2/c1-3-7-4-8(10)5-9(6(7)2)11(12)13/h4-5H,3,10H2,1-2H3. The lowest BCUT2D eigenvalue weighted by atomic mass is 10.0. The van der Waals surface area contributed by atoms with Crippen LogP contribution in [0.1, 0.15) is 18.1 Å². The van der Waals surface area contributed by atoms with Gasteiger partial charge >= 0.3 is 0 Å². The fraction of sp³-hybridized carbons (Fsp3) is 0.333. The number of nitro groups is 1. The Morgan fingerprint density at radius 1 is 1.54 bits per heavy atom. The summed E-state index contributed by atoms with van der Waals surface area (Å²) in [4.78, 5) is 10.2. The number of hydrogen-bond donors (Lipinski definition) is 1. The molecule has 0 saturated carbocycles. The van der Waals surface area contributed by atoms with Gasteiger partial charge in [0.05, 0.1) is 4.92 Å². The van der Waals surface area contributed by atoms with Crippen LogP contribution in [0.15, 0.2) is 12.1 Å². The van der Waals surface area contributed by atoms with Crippen molar-refractivity contribution >= 4 is 11.4 Å². The van der Waals surface area contributed by atoms with Crippen LogP contribution in [-0.4, -0.2) is 4.92 Å². The summed E-state index contributed by atoms with van der Waals surface area (Å²) in [5.41, 5.74) is 7.75. The minimum absolute atomic E-state index is 0.108. The van der Waals surface area contributed by atoms with Crippen molar-refractivity contribution in [2.75, 3.05) is 5.73 Å². The molecule has 0 aliphatic carbocycles. The van der Waals surface area contributed by atoms with Crippen molar-refractivity contribution in [2.24, 2.45) is 0 Å². The van der Waals surface area contributed by atoms with Gasteiger partial charge in [-0.1, -0.05) is 6.92 Å². The fourth-order valence-electron chi connectivity index (χ4n) is 1.34. The Hall–Kier alpha value is -1.58. The van der Waals surface area contributed by atoms with Gasteiger partial charge in [-0.2, -0.15) is 0 Å². The van der Waals surface area contributed by atoms with Crippen LogP contribution in [0.3, 0.4) is 0 Å². The van der Waals surface area contributed by atoms with Crippen LogP contribution in [0.4, 0.5) is 11.4 Å². The second-order valence-corrected chi connectivity index (χ2v) is 2.93. The largest absolute Gasteiger partial charge is 0.399 e. The highest BCUT2D eigenvalue weighted by Crippen LogP contribution is 2.25. The van der Waals surface area contributed by atoms with Crippen molar-refractivity contribution in [3.63, 3.8) is 0 Å². The fourth-order valence-corrected chi connectivity index (χ4v) is 1.34. The first-order valence-corrected chi connectivity index (χ1v) is 4.09. The zero-order valence-electron chi connectivity index (χ0n) is 7.70. The number of nitrogens with two attached hydrogens (primary N) is 1. The molecule has 1 rings (SSSR count).